The third-order valence-electron chi connectivity index (χ3n) is 4.01. The molecule has 0 atom stereocenters. The predicted octanol–water partition coefficient (Wildman–Crippen LogP) is 5.53. The van der Waals surface area contributed by atoms with E-state index in [-0.39, 0.29) is 11.7 Å². The lowest BCUT2D eigenvalue weighted by Gasteiger charge is -2.04. The van der Waals surface area contributed by atoms with E-state index >= 15 is 0 Å². The number of hydrogen-bond acceptors (Lipinski definition) is 3. The number of anilines is 1. The summed E-state index contributed by atoms with van der Waals surface area (Å²) in [4.78, 5) is 18.5. The molecule has 0 spiro atoms. The van der Waals surface area contributed by atoms with E-state index in [1.54, 1.807) is 12.1 Å². The van der Waals surface area contributed by atoms with Gasteiger partial charge in [-0.2, -0.15) is 0 Å². The number of rotatable bonds is 3. The molecule has 26 heavy (non-hydrogen) atoms. The number of benzene rings is 2. The van der Waals surface area contributed by atoms with Crippen molar-refractivity contribution >= 4 is 43.8 Å². The number of imidazole rings is 1. The number of nitrogens with zero attached hydrogens (tertiary/aromatic N) is 2. The number of aryl methyl sites for hydroxylation is 1. The van der Waals surface area contributed by atoms with Gasteiger partial charge < -0.3 is 5.32 Å². The van der Waals surface area contributed by atoms with Gasteiger partial charge in [-0.15, -0.1) is 0 Å². The smallest absolute Gasteiger partial charge is 0.267 e. The lowest BCUT2D eigenvalue weighted by Crippen LogP contribution is -2.11. The normalized spacial score (nSPS) is 11.0. The number of carbonyl (C=O) groups is 1. The number of amides is 1. The molecule has 1 N–H and O–H groups in total. The second kappa shape index (κ2) is 6.66. The molecule has 4 aromatic rings. The number of fused-ring (bicyclic) bond motifs is 1. The highest BCUT2D eigenvalue weighted by Crippen LogP contribution is 2.28. The van der Waals surface area contributed by atoms with Gasteiger partial charge in [0, 0.05) is 27.6 Å². The van der Waals surface area contributed by atoms with Crippen LogP contribution >= 0.6 is 27.3 Å². The minimum Gasteiger partial charge on any atom is -0.321 e. The zero-order chi connectivity index (χ0) is 18.3. The summed E-state index contributed by atoms with van der Waals surface area (Å²) in [7, 11) is 0. The van der Waals surface area contributed by atoms with Crippen LogP contribution in [0, 0.1) is 12.7 Å². The molecule has 0 aliphatic heterocycles. The molecule has 0 aliphatic carbocycles. The van der Waals surface area contributed by atoms with Crippen molar-refractivity contribution in [3.05, 3.63) is 75.6 Å². The molecule has 2 heterocycles. The molecule has 0 aliphatic rings. The highest BCUT2D eigenvalue weighted by atomic mass is 79.9. The van der Waals surface area contributed by atoms with Crippen LogP contribution in [0.2, 0.25) is 0 Å². The molecule has 0 bridgehead atoms. The van der Waals surface area contributed by atoms with Crippen molar-refractivity contribution in [2.75, 3.05) is 5.32 Å². The number of hydrogen-bond donors (Lipinski definition) is 1. The Labute approximate surface area is 161 Å². The van der Waals surface area contributed by atoms with Gasteiger partial charge in [0.05, 0.1) is 5.69 Å². The van der Waals surface area contributed by atoms with Gasteiger partial charge in [-0.1, -0.05) is 27.3 Å². The summed E-state index contributed by atoms with van der Waals surface area (Å²) in [6, 6.07) is 13.6. The van der Waals surface area contributed by atoms with Gasteiger partial charge in [-0.3, -0.25) is 9.20 Å². The van der Waals surface area contributed by atoms with E-state index in [9.17, 15) is 9.18 Å². The molecule has 0 saturated carbocycles. The van der Waals surface area contributed by atoms with Crippen LogP contribution in [-0.2, 0) is 0 Å². The van der Waals surface area contributed by atoms with Gasteiger partial charge in [0.1, 0.15) is 10.7 Å². The first-order valence-electron chi connectivity index (χ1n) is 7.82. The molecule has 0 saturated heterocycles. The summed E-state index contributed by atoms with van der Waals surface area (Å²) in [6.45, 7) is 1.89. The fraction of sp³-hybridized carbons (Fsp3) is 0.0526. The summed E-state index contributed by atoms with van der Waals surface area (Å²) in [6.07, 6.45) is 1.87. The minimum absolute atomic E-state index is 0.163. The van der Waals surface area contributed by atoms with Crippen LogP contribution in [0.15, 0.2) is 59.2 Å². The van der Waals surface area contributed by atoms with E-state index < -0.39 is 0 Å². The standard InChI is InChI=1S/C19H13BrFN3OS/c1-11-17(18(25)22-15-8-4-13(20)5-9-15)26-19-23-16(10-24(11)19)12-2-6-14(21)7-3-12/h2-10H,1H3,(H,22,25). The quantitative estimate of drug-likeness (QED) is 0.465. The minimum atomic E-state index is -0.280. The maximum Gasteiger partial charge on any atom is 0.267 e. The maximum absolute atomic E-state index is 13.1. The fourth-order valence-corrected chi connectivity index (χ4v) is 3.91. The topological polar surface area (TPSA) is 46.4 Å². The highest BCUT2D eigenvalue weighted by Gasteiger charge is 2.18. The number of aromatic nitrogens is 2. The largest absolute Gasteiger partial charge is 0.321 e. The van der Waals surface area contributed by atoms with Gasteiger partial charge in [0.15, 0.2) is 4.96 Å². The maximum atomic E-state index is 13.1. The SMILES string of the molecule is Cc1c(C(=O)Nc2ccc(Br)cc2)sc2nc(-c3ccc(F)cc3)cn12. The van der Waals surface area contributed by atoms with Crippen molar-refractivity contribution in [1.82, 2.24) is 9.38 Å². The van der Waals surface area contributed by atoms with Crippen LogP contribution in [0.5, 0.6) is 0 Å². The van der Waals surface area contributed by atoms with Gasteiger partial charge in [-0.25, -0.2) is 9.37 Å². The second-order valence-corrected chi connectivity index (χ2v) is 7.66. The average Bonchev–Trinajstić information content (AvgIpc) is 3.17. The number of thiazole rings is 1. The Balaban J connectivity index is 1.63. The first-order valence-corrected chi connectivity index (χ1v) is 9.43. The van der Waals surface area contributed by atoms with Crippen LogP contribution in [0.1, 0.15) is 15.4 Å². The summed E-state index contributed by atoms with van der Waals surface area (Å²) in [5.41, 5.74) is 3.14. The first-order chi connectivity index (χ1) is 12.5. The monoisotopic (exact) mass is 429 g/mol. The predicted molar refractivity (Wildman–Crippen MR) is 105 cm³/mol. The van der Waals surface area contributed by atoms with Gasteiger partial charge in [0.25, 0.3) is 5.91 Å². The molecule has 1 amide bonds. The third kappa shape index (κ3) is 3.15. The van der Waals surface area contributed by atoms with Crippen molar-refractivity contribution in [2.45, 2.75) is 6.92 Å². The fourth-order valence-electron chi connectivity index (χ4n) is 2.64. The first kappa shape index (κ1) is 16.9. The molecular weight excluding hydrogens is 417 g/mol. The number of nitrogens with one attached hydrogen (secondary N) is 1. The van der Waals surface area contributed by atoms with Crippen LogP contribution < -0.4 is 5.32 Å². The Morgan fingerprint density at radius 1 is 1.15 bits per heavy atom. The van der Waals surface area contributed by atoms with Crippen LogP contribution in [0.25, 0.3) is 16.2 Å². The Hall–Kier alpha value is -2.51. The van der Waals surface area contributed by atoms with Crippen molar-refractivity contribution < 1.29 is 9.18 Å². The van der Waals surface area contributed by atoms with Crippen molar-refractivity contribution in [3.63, 3.8) is 0 Å². The zero-order valence-electron chi connectivity index (χ0n) is 13.7. The lowest BCUT2D eigenvalue weighted by atomic mass is 10.2. The molecule has 4 rings (SSSR count). The molecule has 0 fully saturated rings. The van der Waals surface area contributed by atoms with Gasteiger partial charge >= 0.3 is 0 Å². The van der Waals surface area contributed by atoms with E-state index in [4.69, 9.17) is 0 Å². The molecule has 2 aromatic carbocycles. The van der Waals surface area contributed by atoms with E-state index in [0.29, 0.717) is 4.88 Å². The van der Waals surface area contributed by atoms with E-state index in [1.807, 2.05) is 41.8 Å². The summed E-state index contributed by atoms with van der Waals surface area (Å²) < 4.78 is 15.9. The van der Waals surface area contributed by atoms with Crippen molar-refractivity contribution in [2.24, 2.45) is 0 Å². The lowest BCUT2D eigenvalue weighted by molar-refractivity contribution is 0.102. The average molecular weight is 430 g/mol. The second-order valence-electron chi connectivity index (χ2n) is 5.76. The molecule has 7 heteroatoms. The molecule has 130 valence electrons. The molecular formula is C19H13BrFN3OS. The molecule has 4 nitrogen and oxygen atoms in total. The summed E-state index contributed by atoms with van der Waals surface area (Å²) in [5.74, 6) is -0.443. The summed E-state index contributed by atoms with van der Waals surface area (Å²) >= 11 is 4.70. The Morgan fingerprint density at radius 2 is 1.85 bits per heavy atom. The van der Waals surface area contributed by atoms with Crippen LogP contribution in [0.4, 0.5) is 10.1 Å². The zero-order valence-corrected chi connectivity index (χ0v) is 16.1. The van der Waals surface area contributed by atoms with Gasteiger partial charge in [-0.05, 0) is 55.5 Å². The highest BCUT2D eigenvalue weighted by molar-refractivity contribution is 9.10. The van der Waals surface area contributed by atoms with Crippen LogP contribution in [-0.4, -0.2) is 15.3 Å². The number of halogens is 2. The van der Waals surface area contributed by atoms with Crippen molar-refractivity contribution in [1.29, 1.82) is 0 Å². The van der Waals surface area contributed by atoms with Crippen molar-refractivity contribution in [3.8, 4) is 11.3 Å². The van der Waals surface area contributed by atoms with E-state index in [2.05, 4.69) is 26.2 Å². The molecule has 2 aromatic heterocycles. The molecule has 0 unspecified atom stereocenters. The Bertz CT molecular complexity index is 1100. The molecule has 0 radical (unpaired) electrons. The van der Waals surface area contributed by atoms with E-state index in [0.717, 1.165) is 32.1 Å². The summed E-state index contributed by atoms with van der Waals surface area (Å²) in [5, 5.41) is 2.90. The van der Waals surface area contributed by atoms with Crippen LogP contribution in [0.3, 0.4) is 0 Å². The Kier molecular flexibility index (Phi) is 4.34. The number of carbonyl (C=O) groups excluding carboxylic acids is 1. The van der Waals surface area contributed by atoms with Gasteiger partial charge in [0.2, 0.25) is 0 Å². The Morgan fingerprint density at radius 3 is 2.50 bits per heavy atom. The third-order valence-corrected chi connectivity index (χ3v) is 5.69. The van der Waals surface area contributed by atoms with E-state index in [1.165, 1.54) is 23.5 Å².